The second-order valence-corrected chi connectivity index (χ2v) is 12.5. The molecule has 1 saturated heterocycles. The first-order valence-corrected chi connectivity index (χ1v) is 15.9. The van der Waals surface area contributed by atoms with E-state index in [9.17, 15) is 19.2 Å². The number of amides is 2. The molecule has 13 heteroatoms. The lowest BCUT2D eigenvalue weighted by Crippen LogP contribution is -2.58. The number of allylic oxidation sites excluding steroid dienone is 1. The van der Waals surface area contributed by atoms with Gasteiger partial charge in [-0.2, -0.15) is 0 Å². The third kappa shape index (κ3) is 5.99. The van der Waals surface area contributed by atoms with E-state index in [-0.39, 0.29) is 27.9 Å². The number of thiazole rings is 1. The Kier molecular flexibility index (Phi) is 9.27. The Morgan fingerprint density at radius 2 is 1.83 bits per heavy atom. The Hall–Kier alpha value is -4.62. The minimum Gasteiger partial charge on any atom is -0.493 e. The van der Waals surface area contributed by atoms with Crippen molar-refractivity contribution in [1.82, 2.24) is 9.88 Å². The number of hydrogen-bond donors (Lipinski definition) is 1. The Bertz CT molecular complexity index is 1990. The molecule has 240 valence electrons. The van der Waals surface area contributed by atoms with Gasteiger partial charge in [-0.05, 0) is 101 Å². The molecule has 2 aliphatic heterocycles. The summed E-state index contributed by atoms with van der Waals surface area (Å²) in [5, 5.41) is 2.55. The normalized spacial score (nSPS) is 18.4. The molecule has 2 aliphatic rings. The summed E-state index contributed by atoms with van der Waals surface area (Å²) in [5.74, 6) is -2.28. The van der Waals surface area contributed by atoms with Crippen LogP contribution in [0.4, 0.5) is 5.69 Å². The quantitative estimate of drug-likeness (QED) is 0.221. The zero-order valence-electron chi connectivity index (χ0n) is 26.5. The Balaban J connectivity index is 1.65. The molecule has 1 aromatic heterocycles. The maximum Gasteiger partial charge on any atom is 0.338 e. The van der Waals surface area contributed by atoms with Crippen molar-refractivity contribution in [3.63, 3.8) is 0 Å². The van der Waals surface area contributed by atoms with Crippen LogP contribution in [-0.4, -0.2) is 47.3 Å². The summed E-state index contributed by atoms with van der Waals surface area (Å²) in [6.07, 6.45) is 1.22. The third-order valence-electron chi connectivity index (χ3n) is 7.65. The first kappa shape index (κ1) is 32.8. The van der Waals surface area contributed by atoms with Crippen molar-refractivity contribution < 1.29 is 28.6 Å². The van der Waals surface area contributed by atoms with Gasteiger partial charge in [0, 0.05) is 0 Å². The van der Waals surface area contributed by atoms with Crippen molar-refractivity contribution in [3.8, 4) is 11.5 Å². The van der Waals surface area contributed by atoms with Gasteiger partial charge >= 0.3 is 5.97 Å². The second-order valence-electron chi connectivity index (χ2n) is 11.1. The number of carbonyl (C=O) groups is 3. The molecule has 0 saturated carbocycles. The van der Waals surface area contributed by atoms with Crippen LogP contribution in [0.5, 0.6) is 11.5 Å². The van der Waals surface area contributed by atoms with E-state index in [2.05, 4.69) is 10.3 Å². The molecule has 3 aromatic rings. The van der Waals surface area contributed by atoms with Gasteiger partial charge in [0.05, 0.1) is 47.4 Å². The molecule has 0 radical (unpaired) electrons. The van der Waals surface area contributed by atoms with Gasteiger partial charge in [0.2, 0.25) is 11.8 Å². The van der Waals surface area contributed by atoms with Gasteiger partial charge in [-0.1, -0.05) is 23.5 Å². The molecular weight excluding hydrogens is 629 g/mol. The van der Waals surface area contributed by atoms with Crippen molar-refractivity contribution in [2.24, 2.45) is 10.9 Å². The predicted molar refractivity (Wildman–Crippen MR) is 178 cm³/mol. The highest BCUT2D eigenvalue weighted by molar-refractivity contribution is 7.80. The van der Waals surface area contributed by atoms with Gasteiger partial charge in [0.15, 0.2) is 21.4 Å². The van der Waals surface area contributed by atoms with Crippen LogP contribution in [0.15, 0.2) is 57.5 Å². The molecule has 0 bridgehead atoms. The number of ether oxygens (including phenoxy) is 3. The van der Waals surface area contributed by atoms with Crippen LogP contribution < -0.4 is 34.6 Å². The number of hydrogen-bond acceptors (Lipinski definition) is 10. The van der Waals surface area contributed by atoms with Crippen LogP contribution in [0, 0.1) is 19.8 Å². The number of thiocarbonyl (C=S) groups is 1. The van der Waals surface area contributed by atoms with E-state index in [4.69, 9.17) is 26.4 Å². The van der Waals surface area contributed by atoms with Gasteiger partial charge in [0.25, 0.3) is 5.56 Å². The van der Waals surface area contributed by atoms with E-state index in [1.54, 1.807) is 38.1 Å². The number of aromatic nitrogens is 1. The van der Waals surface area contributed by atoms with Crippen molar-refractivity contribution in [2.45, 2.75) is 53.7 Å². The van der Waals surface area contributed by atoms with E-state index in [1.165, 1.54) is 22.7 Å². The average Bonchev–Trinajstić information content (AvgIpc) is 3.30. The molecule has 2 amide bonds. The topological polar surface area (TPSA) is 129 Å². The summed E-state index contributed by atoms with van der Waals surface area (Å²) < 4.78 is 18.3. The van der Waals surface area contributed by atoms with E-state index in [0.29, 0.717) is 33.2 Å². The molecule has 3 heterocycles. The predicted octanol–water partition coefficient (Wildman–Crippen LogP) is 3.23. The Labute approximate surface area is 274 Å². The van der Waals surface area contributed by atoms with Crippen LogP contribution >= 0.6 is 23.6 Å². The minimum atomic E-state index is -1.34. The highest BCUT2D eigenvalue weighted by Crippen LogP contribution is 2.36. The SMILES string of the molecule is CCOC(=O)C1=C(C)N=c2s/c(=C/[C@H]3C(=O)NC(=S)N(c4ccc(C)c(C)c4)C3=O)c(=O)n2[C@H]1c1ccc(OC(C)C)c(OC)c1. The second kappa shape index (κ2) is 13.0. The molecule has 0 spiro atoms. The molecule has 46 heavy (non-hydrogen) atoms. The molecule has 0 aliphatic carbocycles. The smallest absolute Gasteiger partial charge is 0.338 e. The van der Waals surface area contributed by atoms with Gasteiger partial charge < -0.3 is 19.5 Å². The zero-order valence-corrected chi connectivity index (χ0v) is 28.1. The number of benzene rings is 2. The van der Waals surface area contributed by atoms with Gasteiger partial charge in [-0.15, -0.1) is 0 Å². The van der Waals surface area contributed by atoms with Crippen molar-refractivity contribution in [1.29, 1.82) is 0 Å². The summed E-state index contributed by atoms with van der Waals surface area (Å²) in [6.45, 7) is 11.1. The summed E-state index contributed by atoms with van der Waals surface area (Å²) in [4.78, 5) is 60.4. The lowest BCUT2D eigenvalue weighted by atomic mass is 9.95. The van der Waals surface area contributed by atoms with Gasteiger partial charge in [-0.25, -0.2) is 9.79 Å². The lowest BCUT2D eigenvalue weighted by molar-refractivity contribution is -0.139. The Morgan fingerprint density at radius 1 is 1.09 bits per heavy atom. The highest BCUT2D eigenvalue weighted by Gasteiger charge is 2.39. The fourth-order valence-corrected chi connectivity index (χ4v) is 6.68. The monoisotopic (exact) mass is 662 g/mol. The lowest BCUT2D eigenvalue weighted by Gasteiger charge is -2.31. The number of nitrogens with zero attached hydrogens (tertiary/aromatic N) is 3. The van der Waals surface area contributed by atoms with Crippen molar-refractivity contribution >= 4 is 58.2 Å². The number of anilines is 1. The van der Waals surface area contributed by atoms with Crippen molar-refractivity contribution in [2.75, 3.05) is 18.6 Å². The molecule has 0 unspecified atom stereocenters. The number of methoxy groups -OCH3 is 1. The summed E-state index contributed by atoms with van der Waals surface area (Å²) in [7, 11) is 1.50. The number of rotatable bonds is 8. The molecule has 1 N–H and O–H groups in total. The zero-order chi connectivity index (χ0) is 33.4. The average molecular weight is 663 g/mol. The standard InChI is InChI=1S/C33H34N4O7S2/c1-8-43-31(41)26-19(6)34-33-37(27(26)20-10-12-23(44-16(2)3)24(14-20)42-7)30(40)25(46-33)15-22-28(38)35-32(45)36(29(22)39)21-11-9-17(4)18(5)13-21/h9-16,22,27H,8H2,1-7H3,(H,35,38,45)/b25-15+/t22-,27-/m0/s1. The van der Waals surface area contributed by atoms with E-state index in [0.717, 1.165) is 22.5 Å². The van der Waals surface area contributed by atoms with Crippen LogP contribution in [0.3, 0.4) is 0 Å². The summed E-state index contributed by atoms with van der Waals surface area (Å²) in [6, 6.07) is 9.67. The Morgan fingerprint density at radius 3 is 2.48 bits per heavy atom. The molecule has 2 atom stereocenters. The molecular formula is C33H34N4O7S2. The number of aryl methyl sites for hydroxylation is 2. The van der Waals surface area contributed by atoms with Crippen molar-refractivity contribution in [3.05, 3.63) is 84.0 Å². The molecule has 1 fully saturated rings. The van der Waals surface area contributed by atoms with E-state index >= 15 is 0 Å². The van der Waals surface area contributed by atoms with Gasteiger partial charge in [0.1, 0.15) is 5.92 Å². The van der Waals surface area contributed by atoms with Crippen LogP contribution in [0.2, 0.25) is 0 Å². The van der Waals surface area contributed by atoms with E-state index in [1.807, 2.05) is 39.8 Å². The largest absolute Gasteiger partial charge is 0.493 e. The molecule has 2 aromatic carbocycles. The number of carbonyl (C=O) groups excluding carboxylic acids is 3. The maximum absolute atomic E-state index is 14.2. The molecule has 5 rings (SSSR count). The minimum absolute atomic E-state index is 0.0436. The fraction of sp³-hybridized carbons (Fsp3) is 0.333. The number of esters is 1. The maximum atomic E-state index is 14.2. The third-order valence-corrected chi connectivity index (χ3v) is 8.94. The fourth-order valence-electron chi connectivity index (χ4n) is 5.32. The summed E-state index contributed by atoms with van der Waals surface area (Å²) >= 11 is 6.37. The van der Waals surface area contributed by atoms with Crippen LogP contribution in [0.25, 0.3) is 6.08 Å². The van der Waals surface area contributed by atoms with Crippen LogP contribution in [-0.2, 0) is 19.1 Å². The van der Waals surface area contributed by atoms with E-state index < -0.39 is 35.3 Å². The number of nitrogens with one attached hydrogen (secondary N) is 1. The highest BCUT2D eigenvalue weighted by atomic mass is 32.1. The van der Waals surface area contributed by atoms with Gasteiger partial charge in [-0.3, -0.25) is 23.9 Å². The van der Waals surface area contributed by atoms with Crippen LogP contribution in [0.1, 0.15) is 50.4 Å². The number of fused-ring (bicyclic) bond motifs is 1. The first-order valence-electron chi connectivity index (χ1n) is 14.7. The first-order chi connectivity index (χ1) is 21.9. The summed E-state index contributed by atoms with van der Waals surface area (Å²) in [5.41, 5.74) is 3.06. The molecule has 11 nitrogen and oxygen atoms in total.